The Morgan fingerprint density at radius 2 is 2.36 bits per heavy atom. The van der Waals surface area contributed by atoms with E-state index in [0.29, 0.717) is 22.0 Å². The van der Waals surface area contributed by atoms with E-state index in [2.05, 4.69) is 39.2 Å². The lowest BCUT2D eigenvalue weighted by molar-refractivity contribution is 0.102. The summed E-state index contributed by atoms with van der Waals surface area (Å²) in [5.41, 5.74) is 2.22. The number of pyridine rings is 1. The first-order valence-corrected chi connectivity index (χ1v) is 8.66. The maximum absolute atomic E-state index is 12.3. The second-order valence-corrected chi connectivity index (χ2v) is 7.53. The molecule has 0 saturated heterocycles. The average molecular weight is 376 g/mol. The van der Waals surface area contributed by atoms with Crippen molar-refractivity contribution in [2.75, 3.05) is 5.32 Å². The molecule has 0 radical (unpaired) electrons. The first-order chi connectivity index (χ1) is 10.6. The fourth-order valence-corrected chi connectivity index (χ4v) is 4.39. The number of amides is 1. The number of carbonyl (C=O) groups excluding carboxylic acids is 1. The number of carbonyl (C=O) groups is 1. The third-order valence-electron chi connectivity index (χ3n) is 3.82. The van der Waals surface area contributed by atoms with Crippen LogP contribution in [0.3, 0.4) is 0 Å². The fourth-order valence-electron chi connectivity index (χ4n) is 2.67. The van der Waals surface area contributed by atoms with Gasteiger partial charge in [-0.25, -0.2) is 0 Å². The number of hydrogen-bond acceptors (Lipinski definition) is 4. The Hall–Kier alpha value is -1.71. The molecule has 2 heterocycles. The molecule has 0 aliphatic heterocycles. The second kappa shape index (κ2) is 6.19. The molecule has 2 aromatic heterocycles. The van der Waals surface area contributed by atoms with Crippen molar-refractivity contribution in [2.24, 2.45) is 5.92 Å². The van der Waals surface area contributed by atoms with Gasteiger partial charge in [-0.15, -0.1) is 11.3 Å². The third kappa shape index (κ3) is 2.92. The van der Waals surface area contributed by atoms with E-state index in [0.717, 1.165) is 29.3 Å². The van der Waals surface area contributed by atoms with E-state index in [-0.39, 0.29) is 5.91 Å². The molecule has 4 nitrogen and oxygen atoms in total. The van der Waals surface area contributed by atoms with Gasteiger partial charge in [0, 0.05) is 21.7 Å². The molecular formula is C16H14BrN3OS. The van der Waals surface area contributed by atoms with Gasteiger partial charge in [-0.3, -0.25) is 9.78 Å². The summed E-state index contributed by atoms with van der Waals surface area (Å²) in [7, 11) is 0. The zero-order chi connectivity index (χ0) is 15.7. The normalized spacial score (nSPS) is 16.7. The summed E-state index contributed by atoms with van der Waals surface area (Å²) in [5.74, 6) is 0.396. The molecule has 0 bridgehead atoms. The Morgan fingerprint density at radius 1 is 1.55 bits per heavy atom. The van der Waals surface area contributed by atoms with Gasteiger partial charge >= 0.3 is 0 Å². The van der Waals surface area contributed by atoms with Gasteiger partial charge in [0.1, 0.15) is 11.1 Å². The number of rotatable bonds is 2. The standard InChI is InChI=1S/C16H14BrN3OS/c1-9-2-3-12-13(6-18)16(22-14(12)4-9)20-15(21)10-5-11(17)8-19-7-10/h5,7-9H,2-4H2,1H3,(H,20,21). The summed E-state index contributed by atoms with van der Waals surface area (Å²) in [6.45, 7) is 2.22. The molecule has 1 unspecified atom stereocenters. The van der Waals surface area contributed by atoms with E-state index in [1.165, 1.54) is 22.4 Å². The molecule has 6 heteroatoms. The van der Waals surface area contributed by atoms with Crippen LogP contribution in [0.5, 0.6) is 0 Å². The van der Waals surface area contributed by atoms with Crippen LogP contribution in [-0.2, 0) is 12.8 Å². The van der Waals surface area contributed by atoms with Crippen LogP contribution < -0.4 is 5.32 Å². The largest absolute Gasteiger partial charge is 0.312 e. The van der Waals surface area contributed by atoms with Crippen LogP contribution in [0.1, 0.15) is 39.7 Å². The van der Waals surface area contributed by atoms with Crippen molar-refractivity contribution in [1.29, 1.82) is 5.26 Å². The molecule has 1 aliphatic carbocycles. The summed E-state index contributed by atoms with van der Waals surface area (Å²) in [6, 6.07) is 3.97. The summed E-state index contributed by atoms with van der Waals surface area (Å²) < 4.78 is 0.750. The van der Waals surface area contributed by atoms with Crippen molar-refractivity contribution in [1.82, 2.24) is 4.98 Å². The van der Waals surface area contributed by atoms with Gasteiger partial charge in [0.25, 0.3) is 5.91 Å². The average Bonchev–Trinajstić information content (AvgIpc) is 2.83. The van der Waals surface area contributed by atoms with Gasteiger partial charge in [-0.1, -0.05) is 6.92 Å². The third-order valence-corrected chi connectivity index (χ3v) is 5.42. The Bertz CT molecular complexity index is 778. The molecule has 2 aromatic rings. The maximum Gasteiger partial charge on any atom is 0.257 e. The highest BCUT2D eigenvalue weighted by molar-refractivity contribution is 9.10. The molecule has 1 N–H and O–H groups in total. The van der Waals surface area contributed by atoms with E-state index in [1.54, 1.807) is 12.3 Å². The van der Waals surface area contributed by atoms with Crippen molar-refractivity contribution in [3.05, 3.63) is 44.5 Å². The first-order valence-electron chi connectivity index (χ1n) is 7.05. The van der Waals surface area contributed by atoms with E-state index in [4.69, 9.17) is 0 Å². The van der Waals surface area contributed by atoms with Crippen LogP contribution in [0.4, 0.5) is 5.00 Å². The number of anilines is 1. The van der Waals surface area contributed by atoms with Crippen molar-refractivity contribution < 1.29 is 4.79 Å². The predicted octanol–water partition coefficient (Wildman–Crippen LogP) is 4.15. The van der Waals surface area contributed by atoms with Crippen LogP contribution in [0.15, 0.2) is 22.9 Å². The molecule has 0 spiro atoms. The molecule has 3 rings (SSSR count). The lowest BCUT2D eigenvalue weighted by Crippen LogP contribution is -2.12. The quantitative estimate of drug-likeness (QED) is 0.856. The van der Waals surface area contributed by atoms with Crippen molar-refractivity contribution in [2.45, 2.75) is 26.2 Å². The van der Waals surface area contributed by atoms with Crippen LogP contribution in [0, 0.1) is 17.2 Å². The van der Waals surface area contributed by atoms with Crippen molar-refractivity contribution in [3.63, 3.8) is 0 Å². The monoisotopic (exact) mass is 375 g/mol. The fraction of sp³-hybridized carbons (Fsp3) is 0.312. The minimum atomic E-state index is -0.239. The Morgan fingerprint density at radius 3 is 3.09 bits per heavy atom. The summed E-state index contributed by atoms with van der Waals surface area (Å²) >= 11 is 4.84. The number of nitriles is 1. The summed E-state index contributed by atoms with van der Waals surface area (Å²) in [4.78, 5) is 17.6. The SMILES string of the molecule is CC1CCc2c(sc(NC(=O)c3cncc(Br)c3)c2C#N)C1. The van der Waals surface area contributed by atoms with Gasteiger partial charge in [0.15, 0.2) is 0 Å². The highest BCUT2D eigenvalue weighted by Gasteiger charge is 2.24. The van der Waals surface area contributed by atoms with Gasteiger partial charge in [-0.2, -0.15) is 5.26 Å². The van der Waals surface area contributed by atoms with E-state index < -0.39 is 0 Å². The van der Waals surface area contributed by atoms with Crippen LogP contribution >= 0.6 is 27.3 Å². The van der Waals surface area contributed by atoms with Gasteiger partial charge in [0.05, 0.1) is 11.1 Å². The Balaban J connectivity index is 1.90. The predicted molar refractivity (Wildman–Crippen MR) is 90.1 cm³/mol. The molecule has 1 aliphatic rings. The summed E-state index contributed by atoms with van der Waals surface area (Å²) in [5, 5.41) is 13.0. The number of nitrogens with one attached hydrogen (secondary N) is 1. The van der Waals surface area contributed by atoms with Crippen LogP contribution in [0.25, 0.3) is 0 Å². The molecule has 1 amide bonds. The van der Waals surface area contributed by atoms with Crippen molar-refractivity contribution >= 4 is 38.2 Å². The second-order valence-electron chi connectivity index (χ2n) is 5.51. The first kappa shape index (κ1) is 15.2. The molecule has 0 fully saturated rings. The maximum atomic E-state index is 12.3. The smallest absolute Gasteiger partial charge is 0.257 e. The highest BCUT2D eigenvalue weighted by atomic mass is 79.9. The topological polar surface area (TPSA) is 65.8 Å². The zero-order valence-electron chi connectivity index (χ0n) is 12.0. The minimum Gasteiger partial charge on any atom is -0.312 e. The van der Waals surface area contributed by atoms with E-state index >= 15 is 0 Å². The molecular weight excluding hydrogens is 362 g/mol. The lowest BCUT2D eigenvalue weighted by Gasteiger charge is -2.17. The highest BCUT2D eigenvalue weighted by Crippen LogP contribution is 2.39. The van der Waals surface area contributed by atoms with Gasteiger partial charge in [0.2, 0.25) is 0 Å². The van der Waals surface area contributed by atoms with Gasteiger partial charge < -0.3 is 5.32 Å². The number of aromatic nitrogens is 1. The number of hydrogen-bond donors (Lipinski definition) is 1. The van der Waals surface area contributed by atoms with Gasteiger partial charge in [-0.05, 0) is 52.7 Å². The molecule has 22 heavy (non-hydrogen) atoms. The number of thiophene rings is 1. The molecule has 1 atom stereocenters. The Labute approximate surface area is 141 Å². The molecule has 112 valence electrons. The number of nitrogens with zero attached hydrogens (tertiary/aromatic N) is 2. The van der Waals surface area contributed by atoms with Crippen LogP contribution in [-0.4, -0.2) is 10.9 Å². The lowest BCUT2D eigenvalue weighted by atomic mass is 9.88. The summed E-state index contributed by atoms with van der Waals surface area (Å²) in [6.07, 6.45) is 6.15. The van der Waals surface area contributed by atoms with Crippen molar-refractivity contribution in [3.8, 4) is 6.07 Å². The minimum absolute atomic E-state index is 0.239. The Kier molecular flexibility index (Phi) is 4.27. The molecule has 0 aromatic carbocycles. The number of fused-ring (bicyclic) bond motifs is 1. The zero-order valence-corrected chi connectivity index (χ0v) is 14.4. The number of halogens is 1. The van der Waals surface area contributed by atoms with Crippen LogP contribution in [0.2, 0.25) is 0 Å². The van der Waals surface area contributed by atoms with E-state index in [1.807, 2.05) is 0 Å². The molecule has 0 saturated carbocycles. The van der Waals surface area contributed by atoms with E-state index in [9.17, 15) is 10.1 Å².